The predicted octanol–water partition coefficient (Wildman–Crippen LogP) is 1.46. The van der Waals surface area contributed by atoms with Crippen LogP contribution in [0.3, 0.4) is 0 Å². The largest absolute Gasteiger partial charge is 0.465 e. The van der Waals surface area contributed by atoms with Crippen LogP contribution in [-0.4, -0.2) is 0 Å². The Morgan fingerprint density at radius 2 is 2.50 bits per heavy atom. The van der Waals surface area contributed by atoms with Crippen molar-refractivity contribution in [1.82, 2.24) is 0 Å². The number of hydrogen-bond acceptors (Lipinski definition) is 3. The number of nitrogens with zero attached hydrogens (tertiary/aromatic N) is 1. The van der Waals surface area contributed by atoms with Gasteiger partial charge in [0.1, 0.15) is 0 Å². The van der Waals surface area contributed by atoms with Gasteiger partial charge in [-0.25, -0.2) is 0 Å². The maximum Gasteiger partial charge on any atom is 0.153 e. The summed E-state index contributed by atoms with van der Waals surface area (Å²) in [5, 5.41) is 8.73. The molecule has 3 nitrogen and oxygen atoms in total. The summed E-state index contributed by atoms with van der Waals surface area (Å²) >= 11 is 5.59. The van der Waals surface area contributed by atoms with Gasteiger partial charge in [-0.1, -0.05) is 11.6 Å². The van der Waals surface area contributed by atoms with Gasteiger partial charge in [0.05, 0.1) is 17.4 Å². The van der Waals surface area contributed by atoms with Crippen molar-refractivity contribution in [1.29, 1.82) is 5.26 Å². The lowest BCUT2D eigenvalue weighted by molar-refractivity contribution is 0.497. The first-order valence-corrected chi connectivity index (χ1v) is 3.01. The summed E-state index contributed by atoms with van der Waals surface area (Å²) in [7, 11) is 0. The van der Waals surface area contributed by atoms with Crippen LogP contribution in [-0.2, 0) is 0 Å². The highest BCUT2D eigenvalue weighted by atomic mass is 35.5. The van der Waals surface area contributed by atoms with Crippen molar-refractivity contribution in [2.75, 3.05) is 0 Å². The monoisotopic (exact) mass is 156 g/mol. The fourth-order valence-corrected chi connectivity index (χ4v) is 0.800. The topological polar surface area (TPSA) is 63.0 Å². The van der Waals surface area contributed by atoms with Crippen molar-refractivity contribution in [3.63, 3.8) is 0 Å². The third kappa shape index (κ3) is 1.13. The van der Waals surface area contributed by atoms with Crippen LogP contribution < -0.4 is 5.73 Å². The van der Waals surface area contributed by atoms with Gasteiger partial charge in [-0.05, 0) is 6.07 Å². The first kappa shape index (κ1) is 7.13. The van der Waals surface area contributed by atoms with Crippen LogP contribution in [0.1, 0.15) is 11.8 Å². The Kier molecular flexibility index (Phi) is 1.95. The van der Waals surface area contributed by atoms with Crippen molar-refractivity contribution in [3.8, 4) is 6.07 Å². The van der Waals surface area contributed by atoms with Crippen LogP contribution >= 0.6 is 11.6 Å². The van der Waals surface area contributed by atoms with Gasteiger partial charge in [-0.2, -0.15) is 5.26 Å². The van der Waals surface area contributed by atoms with Crippen LogP contribution in [0.2, 0.25) is 5.02 Å². The number of hydrogen-bond donors (Lipinski definition) is 1. The molecule has 0 aliphatic carbocycles. The van der Waals surface area contributed by atoms with Crippen molar-refractivity contribution in [2.45, 2.75) is 6.04 Å². The third-order valence-electron chi connectivity index (χ3n) is 1.07. The molecule has 1 aromatic heterocycles. The van der Waals surface area contributed by atoms with Crippen LogP contribution in [0.25, 0.3) is 0 Å². The van der Waals surface area contributed by atoms with Crippen LogP contribution in [0.4, 0.5) is 0 Å². The molecule has 0 spiro atoms. The first-order chi connectivity index (χ1) is 4.75. The lowest BCUT2D eigenvalue weighted by Gasteiger charge is -1.95. The van der Waals surface area contributed by atoms with Crippen molar-refractivity contribution >= 4 is 11.6 Å². The van der Waals surface area contributed by atoms with Gasteiger partial charge in [-0.3, -0.25) is 0 Å². The summed E-state index contributed by atoms with van der Waals surface area (Å²) in [6.45, 7) is 0. The Bertz CT molecular complexity index is 263. The molecule has 0 aromatic carbocycles. The highest BCUT2D eigenvalue weighted by Gasteiger charge is 2.11. The molecule has 0 amide bonds. The molecule has 0 radical (unpaired) electrons. The van der Waals surface area contributed by atoms with Crippen molar-refractivity contribution < 1.29 is 4.42 Å². The zero-order chi connectivity index (χ0) is 7.56. The molecular weight excluding hydrogens is 152 g/mol. The van der Waals surface area contributed by atoms with Crippen molar-refractivity contribution in [2.24, 2.45) is 5.73 Å². The number of rotatable bonds is 1. The summed E-state index contributed by atoms with van der Waals surface area (Å²) in [6, 6.07) is 2.60. The average Bonchev–Trinajstić information content (AvgIpc) is 2.34. The number of nitriles is 1. The minimum absolute atomic E-state index is 0.323. The Labute approximate surface area is 63.0 Å². The average molecular weight is 157 g/mol. The predicted molar refractivity (Wildman–Crippen MR) is 36.3 cm³/mol. The summed E-state index contributed by atoms with van der Waals surface area (Å²) in [5.74, 6) is 0.323. The number of nitrogens with two attached hydrogens (primary N) is 1. The molecule has 1 atom stereocenters. The highest BCUT2D eigenvalue weighted by Crippen LogP contribution is 2.21. The van der Waals surface area contributed by atoms with Crippen LogP contribution in [0.15, 0.2) is 16.7 Å². The molecule has 1 unspecified atom stereocenters. The second kappa shape index (κ2) is 2.74. The van der Waals surface area contributed by atoms with E-state index in [0.29, 0.717) is 10.8 Å². The van der Waals surface area contributed by atoms with E-state index in [2.05, 4.69) is 0 Å². The normalized spacial score (nSPS) is 12.5. The number of furan rings is 1. The lowest BCUT2D eigenvalue weighted by Crippen LogP contribution is -2.05. The van der Waals surface area contributed by atoms with E-state index >= 15 is 0 Å². The van der Waals surface area contributed by atoms with E-state index in [1.165, 1.54) is 6.26 Å². The third-order valence-corrected chi connectivity index (χ3v) is 1.38. The molecule has 0 aliphatic rings. The molecule has 1 rings (SSSR count). The van der Waals surface area contributed by atoms with E-state index in [1.54, 1.807) is 6.07 Å². The first-order valence-electron chi connectivity index (χ1n) is 2.64. The molecule has 0 bridgehead atoms. The van der Waals surface area contributed by atoms with Crippen LogP contribution in [0, 0.1) is 11.3 Å². The van der Waals surface area contributed by atoms with Crippen LogP contribution in [0.5, 0.6) is 0 Å². The van der Waals surface area contributed by atoms with E-state index in [0.717, 1.165) is 0 Å². The molecular formula is C6H5ClN2O. The fourth-order valence-electron chi connectivity index (χ4n) is 0.586. The van der Waals surface area contributed by atoms with Gasteiger partial charge in [0.25, 0.3) is 0 Å². The second-order valence-electron chi connectivity index (χ2n) is 1.74. The molecule has 0 fully saturated rings. The standard InChI is InChI=1S/C6H5ClN2O/c7-4-1-2-10-6(4)5(9)3-8/h1-2,5H,9H2. The molecule has 0 saturated heterocycles. The Balaban J connectivity index is 2.96. The molecule has 2 N–H and O–H groups in total. The highest BCUT2D eigenvalue weighted by molar-refractivity contribution is 6.31. The molecule has 0 aliphatic heterocycles. The molecule has 1 heterocycles. The van der Waals surface area contributed by atoms with E-state index in [9.17, 15) is 0 Å². The van der Waals surface area contributed by atoms with E-state index in [-0.39, 0.29) is 0 Å². The SMILES string of the molecule is N#CC(N)c1occc1Cl. The van der Waals surface area contributed by atoms with Gasteiger partial charge in [0, 0.05) is 0 Å². The van der Waals surface area contributed by atoms with E-state index in [1.807, 2.05) is 6.07 Å². The summed E-state index contributed by atoms with van der Waals surface area (Å²) < 4.78 is 4.84. The summed E-state index contributed by atoms with van der Waals surface area (Å²) in [6.07, 6.45) is 1.40. The minimum atomic E-state index is -0.762. The molecule has 52 valence electrons. The Hall–Kier alpha value is -0.980. The van der Waals surface area contributed by atoms with Gasteiger partial charge >= 0.3 is 0 Å². The number of halogens is 1. The van der Waals surface area contributed by atoms with Gasteiger partial charge in [0.15, 0.2) is 11.8 Å². The van der Waals surface area contributed by atoms with Gasteiger partial charge in [0.2, 0.25) is 0 Å². The second-order valence-corrected chi connectivity index (χ2v) is 2.15. The summed E-state index contributed by atoms with van der Waals surface area (Å²) in [4.78, 5) is 0. The Morgan fingerprint density at radius 1 is 1.80 bits per heavy atom. The molecule has 1 aromatic rings. The van der Waals surface area contributed by atoms with Gasteiger partial charge in [-0.15, -0.1) is 0 Å². The van der Waals surface area contributed by atoms with E-state index in [4.69, 9.17) is 27.0 Å². The fraction of sp³-hybridized carbons (Fsp3) is 0.167. The molecule has 10 heavy (non-hydrogen) atoms. The van der Waals surface area contributed by atoms with E-state index < -0.39 is 6.04 Å². The van der Waals surface area contributed by atoms with Gasteiger partial charge < -0.3 is 10.2 Å². The molecule has 0 saturated carbocycles. The van der Waals surface area contributed by atoms with Crippen molar-refractivity contribution in [3.05, 3.63) is 23.1 Å². The lowest BCUT2D eigenvalue weighted by atomic mass is 10.3. The zero-order valence-electron chi connectivity index (χ0n) is 5.04. The minimum Gasteiger partial charge on any atom is -0.465 e. The quantitative estimate of drug-likeness (QED) is 0.670. The zero-order valence-corrected chi connectivity index (χ0v) is 5.80. The summed E-state index contributed by atoms with van der Waals surface area (Å²) in [5.41, 5.74) is 5.30. The maximum atomic E-state index is 8.34. The maximum absolute atomic E-state index is 8.34. The molecule has 4 heteroatoms. The smallest absolute Gasteiger partial charge is 0.153 e. The Morgan fingerprint density at radius 3 is 2.90 bits per heavy atom.